The molecule has 0 saturated heterocycles. The summed E-state index contributed by atoms with van der Waals surface area (Å²) in [6.45, 7) is 0.247. The van der Waals surface area contributed by atoms with Gasteiger partial charge in [0.05, 0.1) is 6.42 Å². The van der Waals surface area contributed by atoms with Crippen molar-refractivity contribution in [3.8, 4) is 10.6 Å². The van der Waals surface area contributed by atoms with Gasteiger partial charge in [-0.05, 0) is 28.8 Å². The monoisotopic (exact) mass is 479 g/mol. The van der Waals surface area contributed by atoms with Crippen molar-refractivity contribution in [3.63, 3.8) is 0 Å². The summed E-state index contributed by atoms with van der Waals surface area (Å²) >= 11 is 1.54. The van der Waals surface area contributed by atoms with Crippen LogP contribution in [0.25, 0.3) is 10.6 Å². The minimum absolute atomic E-state index is 0.0961. The van der Waals surface area contributed by atoms with Crippen LogP contribution in [0.15, 0.2) is 89.5 Å². The number of aromatic nitrogens is 2. The van der Waals surface area contributed by atoms with Crippen molar-refractivity contribution in [3.05, 3.63) is 101 Å². The van der Waals surface area contributed by atoms with Crippen molar-refractivity contribution in [2.24, 2.45) is 0 Å². The van der Waals surface area contributed by atoms with Gasteiger partial charge < -0.3 is 5.11 Å². The van der Waals surface area contributed by atoms with Gasteiger partial charge in [0, 0.05) is 42.6 Å². The van der Waals surface area contributed by atoms with Crippen molar-refractivity contribution in [2.45, 2.75) is 24.4 Å². The lowest BCUT2D eigenvalue weighted by molar-refractivity contribution is -0.136. The number of carboxylic acids is 1. The zero-order valence-corrected chi connectivity index (χ0v) is 19.2. The molecule has 0 atom stereocenters. The van der Waals surface area contributed by atoms with Crippen LogP contribution >= 0.6 is 11.3 Å². The number of carbonyl (C=O) groups is 1. The van der Waals surface area contributed by atoms with E-state index in [4.69, 9.17) is 5.11 Å². The molecule has 0 fully saturated rings. The van der Waals surface area contributed by atoms with Crippen LogP contribution in [0.4, 0.5) is 0 Å². The molecule has 0 aliphatic carbocycles. The van der Waals surface area contributed by atoms with Gasteiger partial charge in [0.15, 0.2) is 0 Å². The van der Waals surface area contributed by atoms with E-state index < -0.39 is 16.0 Å². The third kappa shape index (κ3) is 5.70. The second-order valence-electron chi connectivity index (χ2n) is 7.39. The molecule has 33 heavy (non-hydrogen) atoms. The van der Waals surface area contributed by atoms with Crippen molar-refractivity contribution in [2.75, 3.05) is 0 Å². The van der Waals surface area contributed by atoms with Gasteiger partial charge in [0.2, 0.25) is 10.0 Å². The van der Waals surface area contributed by atoms with Crippen LogP contribution in [0, 0.1) is 0 Å². The first kappa shape index (κ1) is 22.8. The van der Waals surface area contributed by atoms with E-state index in [-0.39, 0.29) is 24.4 Å². The van der Waals surface area contributed by atoms with Gasteiger partial charge in [0.25, 0.3) is 0 Å². The van der Waals surface area contributed by atoms with Gasteiger partial charge in [0.1, 0.15) is 9.90 Å². The van der Waals surface area contributed by atoms with Gasteiger partial charge >= 0.3 is 5.97 Å². The first-order chi connectivity index (χ1) is 15.9. The van der Waals surface area contributed by atoms with Crippen LogP contribution in [0.1, 0.15) is 16.7 Å². The Balaban J connectivity index is 1.64. The highest BCUT2D eigenvalue weighted by Gasteiger charge is 2.25. The Labute approximate surface area is 196 Å². The molecule has 2 aromatic heterocycles. The highest BCUT2D eigenvalue weighted by molar-refractivity contribution is 7.89. The Kier molecular flexibility index (Phi) is 6.93. The number of pyridine rings is 1. The predicted octanol–water partition coefficient (Wildman–Crippen LogP) is 4.22. The van der Waals surface area contributed by atoms with E-state index in [2.05, 4.69) is 9.97 Å². The van der Waals surface area contributed by atoms with Crippen LogP contribution in [0.2, 0.25) is 0 Å². The second kappa shape index (κ2) is 10.0. The number of sulfonamides is 1. The molecule has 0 saturated carbocycles. The molecular formula is C24H21N3O4S2. The normalized spacial score (nSPS) is 11.5. The Morgan fingerprint density at radius 1 is 0.939 bits per heavy atom. The van der Waals surface area contributed by atoms with Gasteiger partial charge in [-0.1, -0.05) is 48.5 Å². The summed E-state index contributed by atoms with van der Waals surface area (Å²) in [6.07, 6.45) is 4.47. The summed E-state index contributed by atoms with van der Waals surface area (Å²) in [5.74, 6) is -0.938. The van der Waals surface area contributed by atoms with Gasteiger partial charge in [-0.2, -0.15) is 4.31 Å². The zero-order chi connectivity index (χ0) is 23.3. The third-order valence-corrected chi connectivity index (χ3v) is 7.57. The highest BCUT2D eigenvalue weighted by Crippen LogP contribution is 2.25. The average Bonchev–Trinajstić information content (AvgIpc) is 3.35. The van der Waals surface area contributed by atoms with E-state index in [1.165, 1.54) is 34.1 Å². The molecule has 7 nitrogen and oxygen atoms in total. The first-order valence-corrected chi connectivity index (χ1v) is 12.4. The number of nitrogens with zero attached hydrogens (tertiary/aromatic N) is 3. The topological polar surface area (TPSA) is 100 Å². The molecular weight excluding hydrogens is 458 g/mol. The molecule has 0 bridgehead atoms. The van der Waals surface area contributed by atoms with Gasteiger partial charge in [-0.25, -0.2) is 13.4 Å². The Bertz CT molecular complexity index is 1320. The molecule has 2 aromatic carbocycles. The number of aliphatic carboxylic acids is 1. The van der Waals surface area contributed by atoms with E-state index in [1.54, 1.807) is 36.5 Å². The SMILES string of the molecule is O=C(O)Cc1cccc(CN(Cc2ccc(-c3nccs3)cc2)S(=O)(=O)c2cccnc2)c1. The third-order valence-electron chi connectivity index (χ3n) is 4.97. The Morgan fingerprint density at radius 2 is 1.70 bits per heavy atom. The Morgan fingerprint density at radius 3 is 2.36 bits per heavy atom. The van der Waals surface area contributed by atoms with Crippen LogP contribution in [-0.2, 0) is 34.3 Å². The largest absolute Gasteiger partial charge is 0.481 e. The maximum Gasteiger partial charge on any atom is 0.307 e. The number of carboxylic acid groups (broad SMARTS) is 1. The fourth-order valence-corrected chi connectivity index (χ4v) is 5.44. The maximum absolute atomic E-state index is 13.4. The van der Waals surface area contributed by atoms with Crippen molar-refractivity contribution >= 4 is 27.3 Å². The molecule has 4 aromatic rings. The molecule has 0 spiro atoms. The number of thiazole rings is 1. The van der Waals surface area contributed by atoms with E-state index in [9.17, 15) is 13.2 Å². The van der Waals surface area contributed by atoms with Crippen LogP contribution < -0.4 is 0 Å². The summed E-state index contributed by atoms with van der Waals surface area (Å²) in [7, 11) is -3.84. The van der Waals surface area contributed by atoms with Gasteiger partial charge in [-0.15, -0.1) is 11.3 Å². The molecule has 1 N–H and O–H groups in total. The average molecular weight is 480 g/mol. The molecule has 0 radical (unpaired) electrons. The molecule has 2 heterocycles. The van der Waals surface area contributed by atoms with E-state index >= 15 is 0 Å². The predicted molar refractivity (Wildman–Crippen MR) is 126 cm³/mol. The summed E-state index contributed by atoms with van der Waals surface area (Å²) in [4.78, 5) is 19.4. The number of hydrogen-bond acceptors (Lipinski definition) is 6. The fraction of sp³-hybridized carbons (Fsp3) is 0.125. The lowest BCUT2D eigenvalue weighted by Crippen LogP contribution is -2.30. The minimum atomic E-state index is -3.84. The first-order valence-electron chi connectivity index (χ1n) is 10.1. The van der Waals surface area contributed by atoms with Crippen molar-refractivity contribution in [1.29, 1.82) is 0 Å². The minimum Gasteiger partial charge on any atom is -0.481 e. The summed E-state index contributed by atoms with van der Waals surface area (Å²) in [5.41, 5.74) is 3.12. The lowest BCUT2D eigenvalue weighted by atomic mass is 10.1. The molecule has 0 unspecified atom stereocenters. The highest BCUT2D eigenvalue weighted by atomic mass is 32.2. The van der Waals surface area contributed by atoms with Crippen LogP contribution in [0.3, 0.4) is 0 Å². The summed E-state index contributed by atoms with van der Waals surface area (Å²) in [5, 5.41) is 11.9. The van der Waals surface area contributed by atoms with Gasteiger partial charge in [-0.3, -0.25) is 9.78 Å². The molecule has 4 rings (SSSR count). The number of hydrogen-bond donors (Lipinski definition) is 1. The lowest BCUT2D eigenvalue weighted by Gasteiger charge is -2.23. The maximum atomic E-state index is 13.4. The smallest absolute Gasteiger partial charge is 0.307 e. The van der Waals surface area contributed by atoms with Crippen LogP contribution in [-0.4, -0.2) is 33.8 Å². The van der Waals surface area contributed by atoms with Crippen molar-refractivity contribution < 1.29 is 18.3 Å². The number of benzene rings is 2. The van der Waals surface area contributed by atoms with E-state index in [1.807, 2.05) is 29.6 Å². The van der Waals surface area contributed by atoms with Crippen molar-refractivity contribution in [1.82, 2.24) is 14.3 Å². The Hall–Kier alpha value is -3.40. The standard InChI is InChI=1S/C24H21N3O4S2/c28-23(29)14-19-3-1-4-20(13-19)17-27(33(30,31)22-5-2-10-25-15-22)16-18-6-8-21(9-7-18)24-26-11-12-32-24/h1-13,15H,14,16-17H2,(H,28,29). The zero-order valence-electron chi connectivity index (χ0n) is 17.5. The van der Waals surface area contributed by atoms with Crippen LogP contribution in [0.5, 0.6) is 0 Å². The summed E-state index contributed by atoms with van der Waals surface area (Å²) < 4.78 is 28.3. The van der Waals surface area contributed by atoms with E-state index in [0.717, 1.165) is 16.1 Å². The molecule has 0 aliphatic heterocycles. The second-order valence-corrected chi connectivity index (χ2v) is 10.2. The van der Waals surface area contributed by atoms with E-state index in [0.29, 0.717) is 11.1 Å². The molecule has 9 heteroatoms. The quantitative estimate of drug-likeness (QED) is 0.386. The molecule has 0 amide bonds. The fourth-order valence-electron chi connectivity index (χ4n) is 3.41. The summed E-state index contributed by atoms with van der Waals surface area (Å²) in [6, 6.07) is 17.7. The number of rotatable bonds is 9. The molecule has 168 valence electrons. The molecule has 0 aliphatic rings.